The summed E-state index contributed by atoms with van der Waals surface area (Å²) >= 11 is 21.5. The summed E-state index contributed by atoms with van der Waals surface area (Å²) in [6, 6.07) is 18.2. The van der Waals surface area contributed by atoms with Crippen molar-refractivity contribution in [3.63, 3.8) is 0 Å². The van der Waals surface area contributed by atoms with Gasteiger partial charge in [-0.1, -0.05) is 78.5 Å². The highest BCUT2D eigenvalue weighted by Crippen LogP contribution is 2.48. The Morgan fingerprint density at radius 1 is 0.783 bits per heavy atom. The first-order valence-corrected chi connectivity index (χ1v) is 21.5. The molecule has 10 heteroatoms. The highest BCUT2D eigenvalue weighted by Gasteiger charge is 2.24. The molecular weight excluding hydrogens is 721 g/mol. The third-order valence-corrected chi connectivity index (χ3v) is 15.3. The highest BCUT2D eigenvalue weighted by molar-refractivity contribution is 8.22. The molecule has 7 rings (SSSR count). The molecule has 1 aliphatic rings. The van der Waals surface area contributed by atoms with Crippen molar-refractivity contribution < 1.29 is 9.47 Å². The van der Waals surface area contributed by atoms with E-state index in [2.05, 4.69) is 80.6 Å². The van der Waals surface area contributed by atoms with Crippen molar-refractivity contribution in [2.24, 2.45) is 5.92 Å². The van der Waals surface area contributed by atoms with Crippen LogP contribution in [0, 0.1) is 12.8 Å². The van der Waals surface area contributed by atoms with Gasteiger partial charge < -0.3 is 9.47 Å². The number of ether oxygens (including phenoxy) is 2. The lowest BCUT2D eigenvalue weighted by Crippen LogP contribution is -2.09. The zero-order chi connectivity index (χ0) is 31.9. The lowest BCUT2D eigenvalue weighted by Gasteiger charge is -2.20. The minimum Gasteiger partial charge on any atom is -0.469 e. The fraction of sp³-hybridized carbons (Fsp3) is 0.278. The largest absolute Gasteiger partial charge is 0.469 e. The number of allylic oxidation sites excluding steroid dienone is 3. The molecule has 3 atom stereocenters. The summed E-state index contributed by atoms with van der Waals surface area (Å²) in [5.74, 6) is 0.594. The maximum atomic E-state index is 6.35. The number of thioether (sulfide) groups is 2. The van der Waals surface area contributed by atoms with Gasteiger partial charge >= 0.3 is 0 Å². The smallest absolute Gasteiger partial charge is 0.220 e. The normalized spacial score (nSPS) is 16.3. The predicted octanol–water partition coefficient (Wildman–Crippen LogP) is 13.4. The summed E-state index contributed by atoms with van der Waals surface area (Å²) in [5.41, 5.74) is 3.84. The average Bonchev–Trinajstić information content (AvgIpc) is 3.81. The Bertz CT molecular complexity index is 2140. The second kappa shape index (κ2) is 14.0. The zero-order valence-electron chi connectivity index (χ0n) is 25.8. The molecule has 0 N–H and O–H groups in total. The number of fused-ring (bicyclic) bond motifs is 6. The van der Waals surface area contributed by atoms with Crippen molar-refractivity contribution in [1.82, 2.24) is 0 Å². The molecule has 0 saturated heterocycles. The summed E-state index contributed by atoms with van der Waals surface area (Å²) in [6.07, 6.45) is 13.4. The van der Waals surface area contributed by atoms with E-state index in [1.54, 1.807) is 0 Å². The second-order valence-electron chi connectivity index (χ2n) is 11.6. The Morgan fingerprint density at radius 3 is 1.83 bits per heavy atom. The Morgan fingerprint density at radius 2 is 1.33 bits per heavy atom. The van der Waals surface area contributed by atoms with E-state index in [1.807, 2.05) is 57.9 Å². The topological polar surface area (TPSA) is 18.5 Å². The third-order valence-electron chi connectivity index (χ3n) is 8.24. The molecule has 2 aromatic carbocycles. The molecule has 0 saturated carbocycles. The van der Waals surface area contributed by atoms with Crippen LogP contribution in [0.2, 0.25) is 0 Å². The van der Waals surface area contributed by atoms with Gasteiger partial charge in [0.05, 0.1) is 9.40 Å². The van der Waals surface area contributed by atoms with Gasteiger partial charge in [-0.15, -0.1) is 45.3 Å². The van der Waals surface area contributed by atoms with Crippen LogP contribution in [0.4, 0.5) is 0 Å². The van der Waals surface area contributed by atoms with Gasteiger partial charge in [0.2, 0.25) is 8.77 Å². The number of rotatable bonds is 8. The van der Waals surface area contributed by atoms with Gasteiger partial charge in [-0.2, -0.15) is 0 Å². The van der Waals surface area contributed by atoms with Crippen LogP contribution in [0.3, 0.4) is 0 Å². The molecule has 236 valence electrons. The Hall–Kier alpha value is -1.76. The van der Waals surface area contributed by atoms with Crippen LogP contribution in [0.1, 0.15) is 52.9 Å². The van der Waals surface area contributed by atoms with Crippen LogP contribution >= 0.6 is 93.3 Å². The molecule has 4 heterocycles. The maximum Gasteiger partial charge on any atom is 0.220 e. The predicted molar refractivity (Wildman–Crippen MR) is 218 cm³/mol. The quantitative estimate of drug-likeness (QED) is 0.143. The average molecular weight is 753 g/mol. The number of benzene rings is 2. The van der Waals surface area contributed by atoms with Crippen LogP contribution in [-0.2, 0) is 15.9 Å². The van der Waals surface area contributed by atoms with Gasteiger partial charge in [-0.3, -0.25) is 0 Å². The van der Waals surface area contributed by atoms with E-state index in [-0.39, 0.29) is 12.2 Å². The molecule has 0 amide bonds. The van der Waals surface area contributed by atoms with E-state index in [1.165, 1.54) is 89.0 Å². The first-order chi connectivity index (χ1) is 22.3. The molecule has 1 aliphatic carbocycles. The van der Waals surface area contributed by atoms with Gasteiger partial charge in [-0.05, 0) is 91.6 Å². The molecule has 0 aliphatic heterocycles. The Kier molecular flexibility index (Phi) is 9.97. The van der Waals surface area contributed by atoms with Gasteiger partial charge in [0.25, 0.3) is 0 Å². The lowest BCUT2D eigenvalue weighted by molar-refractivity contribution is 0.209. The van der Waals surface area contributed by atoms with E-state index in [9.17, 15) is 0 Å². The van der Waals surface area contributed by atoms with Crippen LogP contribution < -0.4 is 0 Å². The third kappa shape index (κ3) is 6.87. The number of aryl methyl sites for hydroxylation is 1. The van der Waals surface area contributed by atoms with Crippen molar-refractivity contribution in [3.05, 3.63) is 93.2 Å². The van der Waals surface area contributed by atoms with Crippen LogP contribution in [-0.4, -0.2) is 21.3 Å². The van der Waals surface area contributed by atoms with Gasteiger partial charge in [0.15, 0.2) is 0 Å². The molecule has 4 aromatic heterocycles. The zero-order valence-corrected chi connectivity index (χ0v) is 32.3. The molecule has 0 bridgehead atoms. The van der Waals surface area contributed by atoms with E-state index in [4.69, 9.17) is 33.9 Å². The summed E-state index contributed by atoms with van der Waals surface area (Å²) < 4.78 is 21.8. The van der Waals surface area contributed by atoms with Gasteiger partial charge in [0, 0.05) is 52.2 Å². The standard InChI is InChI=1S/C36H32O2S8/c1-19-5-9-21(10-6-19)13-25(37-35(39)41-3)29-17-31-33(45-29)23-15-28-24(16-27(23)43-31)34-32(44-28)18-30(46-34)26(38-36(40)42-4)14-22-11-7-20(2)8-12-22/h5-7,9-12,15-18,20,25-26H,8,13-14H2,1-4H3. The Labute approximate surface area is 304 Å². The summed E-state index contributed by atoms with van der Waals surface area (Å²) in [7, 11) is 0. The van der Waals surface area contributed by atoms with Crippen LogP contribution in [0.25, 0.3) is 39.0 Å². The SMILES string of the molecule is CSC(=S)OC(CC1=CCC(C)C=C1)c1cc2sc3cc4c(cc3c2s1)sc1cc(C(Cc2ccc(C)cc2)OC(=S)SC)sc14. The number of thiophene rings is 4. The van der Waals surface area contributed by atoms with E-state index in [0.29, 0.717) is 14.7 Å². The van der Waals surface area contributed by atoms with Gasteiger partial charge in [0.1, 0.15) is 12.2 Å². The molecule has 6 aromatic rings. The van der Waals surface area contributed by atoms with E-state index >= 15 is 0 Å². The van der Waals surface area contributed by atoms with Crippen molar-refractivity contribution in [1.29, 1.82) is 0 Å². The molecular formula is C36H32O2S8. The first kappa shape index (κ1) is 32.8. The second-order valence-corrected chi connectivity index (χ2v) is 18.8. The van der Waals surface area contributed by atoms with Crippen LogP contribution in [0.5, 0.6) is 0 Å². The monoisotopic (exact) mass is 752 g/mol. The first-order valence-electron chi connectivity index (χ1n) is 15.0. The summed E-state index contributed by atoms with van der Waals surface area (Å²) in [4.78, 5) is 2.47. The van der Waals surface area contributed by atoms with Crippen LogP contribution in [0.15, 0.2) is 72.3 Å². The minimum atomic E-state index is -0.103. The lowest BCUT2D eigenvalue weighted by atomic mass is 9.95. The highest BCUT2D eigenvalue weighted by atomic mass is 32.2. The fourth-order valence-electron chi connectivity index (χ4n) is 5.75. The molecule has 0 spiro atoms. The number of thiocarbonyl (C=S) groups is 2. The van der Waals surface area contributed by atoms with Crippen molar-refractivity contribution in [2.45, 2.75) is 45.3 Å². The van der Waals surface area contributed by atoms with E-state index in [0.717, 1.165) is 19.3 Å². The van der Waals surface area contributed by atoms with Crippen molar-refractivity contribution >= 4 is 141 Å². The summed E-state index contributed by atoms with van der Waals surface area (Å²) in [6.45, 7) is 4.38. The summed E-state index contributed by atoms with van der Waals surface area (Å²) in [5, 5.41) is 2.66. The van der Waals surface area contributed by atoms with E-state index < -0.39 is 0 Å². The molecule has 2 nitrogen and oxygen atoms in total. The minimum absolute atomic E-state index is 0.0767. The molecule has 0 fully saturated rings. The van der Waals surface area contributed by atoms with Crippen molar-refractivity contribution in [3.8, 4) is 0 Å². The fourth-order valence-corrected chi connectivity index (χ4v) is 11.6. The Balaban J connectivity index is 1.22. The molecule has 3 unspecified atom stereocenters. The molecule has 0 radical (unpaired) electrons. The molecule has 46 heavy (non-hydrogen) atoms. The number of hydrogen-bond donors (Lipinski definition) is 0. The number of hydrogen-bond acceptors (Lipinski definition) is 10. The van der Waals surface area contributed by atoms with Crippen molar-refractivity contribution in [2.75, 3.05) is 12.5 Å². The maximum absolute atomic E-state index is 6.35. The van der Waals surface area contributed by atoms with Gasteiger partial charge in [-0.25, -0.2) is 0 Å².